The molecule has 0 radical (unpaired) electrons. The van der Waals surface area contributed by atoms with Crippen molar-refractivity contribution >= 4 is 5.69 Å². The van der Waals surface area contributed by atoms with Crippen LogP contribution in [0.15, 0.2) is 18.2 Å². The maximum absolute atomic E-state index is 6.05. The molecule has 0 spiro atoms. The third-order valence-electron chi connectivity index (χ3n) is 3.57. The van der Waals surface area contributed by atoms with Crippen molar-refractivity contribution in [1.82, 2.24) is 0 Å². The third kappa shape index (κ3) is 4.87. The number of nitrogens with zero attached hydrogens (tertiary/aromatic N) is 1. The number of benzene rings is 1. The SMILES string of the molecule is Cc1cc(C(C)(C)C)ccc1N(C)CCC(C)(C)N. The summed E-state index contributed by atoms with van der Waals surface area (Å²) in [6.07, 6.45) is 0.990. The van der Waals surface area contributed by atoms with E-state index in [4.69, 9.17) is 5.73 Å². The molecule has 0 aromatic heterocycles. The lowest BCUT2D eigenvalue weighted by atomic mass is 9.86. The van der Waals surface area contributed by atoms with Crippen LogP contribution in [0, 0.1) is 6.92 Å². The number of hydrogen-bond acceptors (Lipinski definition) is 2. The monoisotopic (exact) mass is 262 g/mol. The van der Waals surface area contributed by atoms with E-state index in [1.54, 1.807) is 0 Å². The van der Waals surface area contributed by atoms with E-state index in [9.17, 15) is 0 Å². The minimum Gasteiger partial charge on any atom is -0.374 e. The normalized spacial score (nSPS) is 12.6. The Bertz CT molecular complexity index is 422. The molecule has 0 atom stereocenters. The van der Waals surface area contributed by atoms with E-state index in [1.807, 2.05) is 0 Å². The first-order chi connectivity index (χ1) is 8.50. The summed E-state index contributed by atoms with van der Waals surface area (Å²) in [5, 5.41) is 0. The van der Waals surface area contributed by atoms with E-state index in [1.165, 1.54) is 16.8 Å². The number of aryl methyl sites for hydroxylation is 1. The van der Waals surface area contributed by atoms with Gasteiger partial charge in [-0.1, -0.05) is 32.9 Å². The average Bonchev–Trinajstić information content (AvgIpc) is 2.23. The second-order valence-corrected chi connectivity index (χ2v) is 7.41. The summed E-state index contributed by atoms with van der Waals surface area (Å²) < 4.78 is 0. The molecule has 2 N–H and O–H groups in total. The van der Waals surface area contributed by atoms with Crippen LogP contribution in [0.25, 0.3) is 0 Å². The molecule has 108 valence electrons. The van der Waals surface area contributed by atoms with Crippen LogP contribution in [-0.2, 0) is 5.41 Å². The molecule has 0 unspecified atom stereocenters. The summed E-state index contributed by atoms with van der Waals surface area (Å²) in [6, 6.07) is 6.78. The van der Waals surface area contributed by atoms with Crippen molar-refractivity contribution < 1.29 is 0 Å². The van der Waals surface area contributed by atoms with E-state index in [0.717, 1.165) is 13.0 Å². The van der Waals surface area contributed by atoms with E-state index in [-0.39, 0.29) is 11.0 Å². The summed E-state index contributed by atoms with van der Waals surface area (Å²) in [7, 11) is 2.14. The predicted octanol–water partition coefficient (Wildman–Crippen LogP) is 3.86. The molecule has 0 amide bonds. The molecule has 2 heteroatoms. The predicted molar refractivity (Wildman–Crippen MR) is 86.0 cm³/mol. The topological polar surface area (TPSA) is 29.3 Å². The molecule has 1 aromatic rings. The average molecular weight is 262 g/mol. The molecule has 1 aromatic carbocycles. The van der Waals surface area contributed by atoms with Crippen molar-refractivity contribution in [2.75, 3.05) is 18.5 Å². The lowest BCUT2D eigenvalue weighted by Gasteiger charge is -2.27. The summed E-state index contributed by atoms with van der Waals surface area (Å²) in [5.74, 6) is 0. The Morgan fingerprint density at radius 2 is 1.68 bits per heavy atom. The minimum absolute atomic E-state index is 0.104. The van der Waals surface area contributed by atoms with Gasteiger partial charge in [-0.15, -0.1) is 0 Å². The largest absolute Gasteiger partial charge is 0.374 e. The molecule has 0 heterocycles. The Morgan fingerprint density at radius 3 is 2.11 bits per heavy atom. The smallest absolute Gasteiger partial charge is 0.0393 e. The lowest BCUT2D eigenvalue weighted by molar-refractivity contribution is 0.479. The first kappa shape index (κ1) is 16.0. The Labute approximate surface area is 119 Å². The van der Waals surface area contributed by atoms with Crippen molar-refractivity contribution in [3.05, 3.63) is 29.3 Å². The molecular weight excluding hydrogens is 232 g/mol. The quantitative estimate of drug-likeness (QED) is 0.893. The van der Waals surface area contributed by atoms with Gasteiger partial charge in [-0.2, -0.15) is 0 Å². The second-order valence-electron chi connectivity index (χ2n) is 7.41. The van der Waals surface area contributed by atoms with Crippen LogP contribution in [0.3, 0.4) is 0 Å². The Hall–Kier alpha value is -1.02. The van der Waals surface area contributed by atoms with Crippen molar-refractivity contribution in [3.63, 3.8) is 0 Å². The zero-order valence-corrected chi connectivity index (χ0v) is 13.7. The second kappa shape index (κ2) is 5.54. The van der Waals surface area contributed by atoms with Crippen LogP contribution >= 0.6 is 0 Å². The zero-order chi connectivity index (χ0) is 14.8. The maximum atomic E-state index is 6.05. The van der Waals surface area contributed by atoms with Gasteiger partial charge in [-0.25, -0.2) is 0 Å². The van der Waals surface area contributed by atoms with Crippen LogP contribution in [0.2, 0.25) is 0 Å². The Balaban J connectivity index is 2.85. The molecule has 19 heavy (non-hydrogen) atoms. The van der Waals surface area contributed by atoms with Gasteiger partial charge < -0.3 is 10.6 Å². The first-order valence-electron chi connectivity index (χ1n) is 7.12. The van der Waals surface area contributed by atoms with Gasteiger partial charge in [0.2, 0.25) is 0 Å². The molecule has 0 saturated heterocycles. The van der Waals surface area contributed by atoms with Gasteiger partial charge in [0.1, 0.15) is 0 Å². The van der Waals surface area contributed by atoms with Gasteiger partial charge in [-0.05, 0) is 49.8 Å². The molecule has 2 nitrogen and oxygen atoms in total. The van der Waals surface area contributed by atoms with Crippen molar-refractivity contribution in [1.29, 1.82) is 0 Å². The Kier molecular flexibility index (Phi) is 4.67. The van der Waals surface area contributed by atoms with Gasteiger partial charge in [0.15, 0.2) is 0 Å². The highest BCUT2D eigenvalue weighted by Crippen LogP contribution is 2.28. The van der Waals surface area contributed by atoms with Crippen LogP contribution < -0.4 is 10.6 Å². The van der Waals surface area contributed by atoms with E-state index in [2.05, 4.69) is 71.7 Å². The molecule has 0 fully saturated rings. The van der Waals surface area contributed by atoms with E-state index < -0.39 is 0 Å². The van der Waals surface area contributed by atoms with Gasteiger partial charge >= 0.3 is 0 Å². The Morgan fingerprint density at radius 1 is 1.11 bits per heavy atom. The van der Waals surface area contributed by atoms with Gasteiger partial charge in [0.05, 0.1) is 0 Å². The van der Waals surface area contributed by atoms with Gasteiger partial charge in [0.25, 0.3) is 0 Å². The van der Waals surface area contributed by atoms with Gasteiger partial charge in [0, 0.05) is 24.8 Å². The van der Waals surface area contributed by atoms with Crippen molar-refractivity contribution in [2.24, 2.45) is 5.73 Å². The van der Waals surface area contributed by atoms with Crippen molar-refractivity contribution in [3.8, 4) is 0 Å². The summed E-state index contributed by atoms with van der Waals surface area (Å²) in [6.45, 7) is 14.1. The zero-order valence-electron chi connectivity index (χ0n) is 13.7. The molecule has 0 aliphatic rings. The van der Waals surface area contributed by atoms with E-state index >= 15 is 0 Å². The maximum Gasteiger partial charge on any atom is 0.0393 e. The third-order valence-corrected chi connectivity index (χ3v) is 3.57. The molecule has 0 aliphatic carbocycles. The van der Waals surface area contributed by atoms with Gasteiger partial charge in [-0.3, -0.25) is 0 Å². The summed E-state index contributed by atoms with van der Waals surface area (Å²) in [5.41, 5.74) is 10.2. The lowest BCUT2D eigenvalue weighted by Crippen LogP contribution is -2.36. The molecule has 0 bridgehead atoms. The minimum atomic E-state index is -0.104. The fourth-order valence-electron chi connectivity index (χ4n) is 2.13. The first-order valence-corrected chi connectivity index (χ1v) is 7.12. The van der Waals surface area contributed by atoms with Crippen LogP contribution in [0.1, 0.15) is 52.2 Å². The fraction of sp³-hybridized carbons (Fsp3) is 0.647. The highest BCUT2D eigenvalue weighted by atomic mass is 15.1. The number of anilines is 1. The fourth-order valence-corrected chi connectivity index (χ4v) is 2.13. The standard InChI is InChI=1S/C17H30N2/c1-13-12-14(16(2,3)4)8-9-15(13)19(7)11-10-17(5,6)18/h8-9,12H,10-11,18H2,1-7H3. The molecule has 1 rings (SSSR count). The van der Waals surface area contributed by atoms with Crippen LogP contribution in [0.5, 0.6) is 0 Å². The van der Waals surface area contributed by atoms with E-state index in [0.29, 0.717) is 0 Å². The number of nitrogens with two attached hydrogens (primary N) is 1. The van der Waals surface area contributed by atoms with Crippen LogP contribution in [0.4, 0.5) is 5.69 Å². The molecular formula is C17H30N2. The highest BCUT2D eigenvalue weighted by Gasteiger charge is 2.16. The highest BCUT2D eigenvalue weighted by molar-refractivity contribution is 5.54. The van der Waals surface area contributed by atoms with Crippen molar-refractivity contribution in [2.45, 2.75) is 58.9 Å². The number of rotatable bonds is 4. The summed E-state index contributed by atoms with van der Waals surface area (Å²) in [4.78, 5) is 2.30. The van der Waals surface area contributed by atoms with Crippen LogP contribution in [-0.4, -0.2) is 19.1 Å². The molecule has 0 saturated carbocycles. The summed E-state index contributed by atoms with van der Waals surface area (Å²) >= 11 is 0. The number of hydrogen-bond donors (Lipinski definition) is 1. The molecule has 0 aliphatic heterocycles.